The van der Waals surface area contributed by atoms with Crippen molar-refractivity contribution in [3.8, 4) is 0 Å². The van der Waals surface area contributed by atoms with E-state index in [0.29, 0.717) is 117 Å². The molecule has 9 atom stereocenters. The molecule has 0 N–H and O–H groups in total. The number of esters is 4. The molecule has 0 aromatic heterocycles. The lowest BCUT2D eigenvalue weighted by molar-refractivity contribution is -0.188. The van der Waals surface area contributed by atoms with Gasteiger partial charge in [0, 0.05) is 25.7 Å². The van der Waals surface area contributed by atoms with Crippen LogP contribution in [0.1, 0.15) is 125 Å². The minimum atomic E-state index is -0.840. The second kappa shape index (κ2) is 15.0. The van der Waals surface area contributed by atoms with Crippen molar-refractivity contribution in [3.05, 3.63) is 34.9 Å². The minimum absolute atomic E-state index is 0.0943. The summed E-state index contributed by atoms with van der Waals surface area (Å²) in [5.74, 6) is -1.16. The summed E-state index contributed by atoms with van der Waals surface area (Å²) in [6.45, 7) is 13.8. The average molecular weight is 777 g/mol. The molecule has 2 saturated heterocycles. The van der Waals surface area contributed by atoms with Crippen molar-refractivity contribution >= 4 is 23.9 Å². The Morgan fingerprint density at radius 1 is 0.607 bits per heavy atom. The Bertz CT molecular complexity index is 1670. The maximum atomic E-state index is 14.6. The Morgan fingerprint density at radius 3 is 1.70 bits per heavy atom. The van der Waals surface area contributed by atoms with Crippen LogP contribution >= 0.6 is 0 Å². The Balaban J connectivity index is 0.951. The van der Waals surface area contributed by atoms with Gasteiger partial charge in [-0.25, -0.2) is 0 Å². The van der Waals surface area contributed by atoms with E-state index in [4.69, 9.17) is 28.4 Å². The van der Waals surface area contributed by atoms with Crippen molar-refractivity contribution < 1.29 is 47.6 Å². The molecule has 8 rings (SSSR count). The predicted molar refractivity (Wildman–Crippen MR) is 207 cm³/mol. The van der Waals surface area contributed by atoms with Crippen molar-refractivity contribution in [1.82, 2.24) is 0 Å². The zero-order chi connectivity index (χ0) is 39.5. The summed E-state index contributed by atoms with van der Waals surface area (Å²) in [6.07, 6.45) is 14.9. The number of hydrogen-bond donors (Lipinski definition) is 0. The molecule has 10 nitrogen and oxygen atoms in total. The van der Waals surface area contributed by atoms with Gasteiger partial charge in [0.2, 0.25) is 0 Å². The van der Waals surface area contributed by atoms with Crippen LogP contribution in [0.5, 0.6) is 0 Å². The van der Waals surface area contributed by atoms with Gasteiger partial charge in [-0.1, -0.05) is 69.6 Å². The van der Waals surface area contributed by atoms with Crippen LogP contribution in [0.25, 0.3) is 0 Å². The van der Waals surface area contributed by atoms with Crippen molar-refractivity contribution in [3.63, 3.8) is 0 Å². The highest BCUT2D eigenvalue weighted by molar-refractivity contribution is 5.82. The highest BCUT2D eigenvalue weighted by Crippen LogP contribution is 2.55. The number of rotatable bonds is 12. The quantitative estimate of drug-likeness (QED) is 0.110. The number of ether oxygens (including phenoxy) is 6. The van der Waals surface area contributed by atoms with Gasteiger partial charge in [0.15, 0.2) is 0 Å². The summed E-state index contributed by atoms with van der Waals surface area (Å²) in [6, 6.07) is 0. The van der Waals surface area contributed by atoms with Crippen molar-refractivity contribution in [1.29, 1.82) is 0 Å². The predicted octanol–water partition coefficient (Wildman–Crippen LogP) is 7.78. The van der Waals surface area contributed by atoms with Crippen molar-refractivity contribution in [2.24, 2.45) is 51.2 Å². The average Bonchev–Trinajstić information content (AvgIpc) is 3.09. The second-order valence-corrected chi connectivity index (χ2v) is 20.2. The molecule has 6 aliphatic carbocycles. The normalized spacial score (nSPS) is 38.9. The Kier molecular flexibility index (Phi) is 10.7. The summed E-state index contributed by atoms with van der Waals surface area (Å²) in [5.41, 5.74) is 0.899. The van der Waals surface area contributed by atoms with E-state index in [0.717, 1.165) is 29.6 Å². The Morgan fingerprint density at radius 2 is 1.12 bits per heavy atom. The molecule has 0 spiro atoms. The lowest BCUT2D eigenvalue weighted by Crippen LogP contribution is -2.51. The van der Waals surface area contributed by atoms with E-state index < -0.39 is 28.5 Å². The highest BCUT2D eigenvalue weighted by Gasteiger charge is 2.55. The number of hydrogen-bond acceptors (Lipinski definition) is 10. The third-order valence-electron chi connectivity index (χ3n) is 15.0. The topological polar surface area (TPSA) is 124 Å². The van der Waals surface area contributed by atoms with Gasteiger partial charge in [0.25, 0.3) is 0 Å². The SMILES string of the molecule is CCC1(COC(=O)C2CC3=CC(C)CC(OC(=O)C4CC5=CC(C)CC(C(=O)OC6CC7=CC(C)CC(C(=O)OCC8(CC)COC8)(C7)C6)(C5)C4)(C3)C2)COC1. The molecule has 0 aromatic rings. The van der Waals surface area contributed by atoms with Gasteiger partial charge in [0.05, 0.1) is 59.9 Å². The lowest BCUT2D eigenvalue weighted by Gasteiger charge is -2.48. The van der Waals surface area contributed by atoms with Crippen LogP contribution in [0.2, 0.25) is 0 Å². The summed E-state index contributed by atoms with van der Waals surface area (Å²) in [7, 11) is 0. The number of allylic oxidation sites excluding steroid dienone is 4. The van der Waals surface area contributed by atoms with Gasteiger partial charge in [-0.15, -0.1) is 0 Å². The van der Waals surface area contributed by atoms with Crippen LogP contribution in [0.15, 0.2) is 34.9 Å². The molecular formula is C46H64O10. The molecule has 9 unspecified atom stereocenters. The molecule has 308 valence electrons. The number of carbonyl (C=O) groups excluding carboxylic acids is 4. The van der Waals surface area contributed by atoms with E-state index in [1.807, 2.05) is 0 Å². The van der Waals surface area contributed by atoms with E-state index >= 15 is 0 Å². The van der Waals surface area contributed by atoms with Gasteiger partial charge in [-0.2, -0.15) is 0 Å². The molecule has 0 amide bonds. The minimum Gasteiger partial charge on any atom is -0.465 e. The molecule has 5 fully saturated rings. The molecule has 3 saturated carbocycles. The fourth-order valence-corrected chi connectivity index (χ4v) is 12.1. The van der Waals surface area contributed by atoms with Crippen LogP contribution in [-0.2, 0) is 47.6 Å². The summed E-state index contributed by atoms with van der Waals surface area (Å²) < 4.78 is 36.0. The molecule has 0 aromatic carbocycles. The first-order valence-electron chi connectivity index (χ1n) is 21.7. The van der Waals surface area contributed by atoms with Crippen molar-refractivity contribution in [2.45, 2.75) is 136 Å². The molecular weight excluding hydrogens is 712 g/mol. The largest absolute Gasteiger partial charge is 0.465 e. The summed E-state index contributed by atoms with van der Waals surface area (Å²) in [5, 5.41) is 0. The van der Waals surface area contributed by atoms with E-state index in [9.17, 15) is 19.2 Å². The molecule has 8 aliphatic rings. The zero-order valence-corrected chi connectivity index (χ0v) is 34.4. The van der Waals surface area contributed by atoms with Crippen LogP contribution in [-0.4, -0.2) is 75.2 Å². The van der Waals surface area contributed by atoms with Gasteiger partial charge in [-0.3, -0.25) is 19.2 Å². The fraction of sp³-hybridized carbons (Fsp3) is 0.783. The summed E-state index contributed by atoms with van der Waals surface area (Å²) >= 11 is 0. The van der Waals surface area contributed by atoms with Crippen molar-refractivity contribution in [2.75, 3.05) is 39.6 Å². The smallest absolute Gasteiger partial charge is 0.312 e. The number of carbonyl (C=O) groups is 4. The first-order chi connectivity index (χ1) is 26.7. The van der Waals surface area contributed by atoms with E-state index in [2.05, 4.69) is 52.8 Å². The third-order valence-corrected chi connectivity index (χ3v) is 15.0. The monoisotopic (exact) mass is 776 g/mol. The van der Waals surface area contributed by atoms with Gasteiger partial charge in [0.1, 0.15) is 24.9 Å². The fourth-order valence-electron chi connectivity index (χ4n) is 12.1. The standard InChI is InChI=1S/C46H64O10/c1-6-42(23-51-24-42)27-53-38(47)36-12-33-10-31(5)16-46(19-33,21-36)56-39(48)35-11-32-8-29(3)14-44(17-32,20-35)41(50)55-37-13-34-9-30(4)15-45(18-34,22-37)40(49)54-28-43(7-2)25-52-26-43/h8-10,29-31,35-37H,6-7,11-28H2,1-5H3. The third kappa shape index (κ3) is 7.67. The lowest BCUT2D eigenvalue weighted by atomic mass is 9.60. The van der Waals surface area contributed by atoms with E-state index in [1.165, 1.54) is 0 Å². The van der Waals surface area contributed by atoms with E-state index in [1.54, 1.807) is 0 Å². The molecule has 10 heteroatoms. The highest BCUT2D eigenvalue weighted by atomic mass is 16.6. The van der Waals surface area contributed by atoms with Gasteiger partial charge < -0.3 is 28.4 Å². The van der Waals surface area contributed by atoms with Crippen LogP contribution < -0.4 is 0 Å². The maximum absolute atomic E-state index is 14.6. The first-order valence-corrected chi connectivity index (χ1v) is 21.7. The Hall–Kier alpha value is -2.98. The molecule has 0 radical (unpaired) electrons. The van der Waals surface area contributed by atoms with Gasteiger partial charge >= 0.3 is 23.9 Å². The molecule has 6 bridgehead atoms. The van der Waals surface area contributed by atoms with Crippen LogP contribution in [0.4, 0.5) is 0 Å². The van der Waals surface area contributed by atoms with Gasteiger partial charge in [-0.05, 0) is 82.0 Å². The van der Waals surface area contributed by atoms with Crippen LogP contribution in [0, 0.1) is 51.2 Å². The summed E-state index contributed by atoms with van der Waals surface area (Å²) in [4.78, 5) is 56.4. The molecule has 56 heavy (non-hydrogen) atoms. The van der Waals surface area contributed by atoms with E-state index in [-0.39, 0.29) is 58.4 Å². The van der Waals surface area contributed by atoms with Crippen LogP contribution in [0.3, 0.4) is 0 Å². The second-order valence-electron chi connectivity index (χ2n) is 20.2. The number of fused-ring (bicyclic) bond motifs is 6. The first kappa shape index (κ1) is 39.8. The maximum Gasteiger partial charge on any atom is 0.312 e. The Labute approximate surface area is 332 Å². The molecule has 2 aliphatic heterocycles. The zero-order valence-electron chi connectivity index (χ0n) is 34.4. The molecule has 2 heterocycles.